The topological polar surface area (TPSA) is 63.7 Å². The lowest BCUT2D eigenvalue weighted by Gasteiger charge is -2.40. The average molecular weight is 357 g/mol. The number of methoxy groups -OCH3 is 1. The quantitative estimate of drug-likeness (QED) is 0.443. The lowest BCUT2D eigenvalue weighted by molar-refractivity contribution is -0.154. The van der Waals surface area contributed by atoms with E-state index in [9.17, 15) is 14.4 Å². The summed E-state index contributed by atoms with van der Waals surface area (Å²) in [6, 6.07) is 9.59. The van der Waals surface area contributed by atoms with E-state index in [4.69, 9.17) is 4.74 Å². The molecule has 0 amide bonds. The summed E-state index contributed by atoms with van der Waals surface area (Å²) in [6.07, 6.45) is 1.36. The van der Waals surface area contributed by atoms with Crippen LogP contribution in [0.3, 0.4) is 0 Å². The molecule has 2 rings (SSSR count). The Morgan fingerprint density at radius 3 is 2.38 bits per heavy atom. The first-order valence-electron chi connectivity index (χ1n) is 8.91. The van der Waals surface area contributed by atoms with Crippen LogP contribution in [-0.4, -0.2) is 31.7 Å². The van der Waals surface area contributed by atoms with Crippen molar-refractivity contribution < 1.29 is 19.1 Å². The first-order chi connectivity index (χ1) is 12.2. The van der Waals surface area contributed by atoms with Crippen LogP contribution in [0.25, 0.3) is 0 Å². The van der Waals surface area contributed by atoms with Gasteiger partial charge in [0, 0.05) is 24.9 Å². The average Bonchev–Trinajstić information content (AvgIpc) is 2.60. The maximum Gasteiger partial charge on any atom is 0.317 e. The maximum absolute atomic E-state index is 13.2. The van der Waals surface area contributed by atoms with Crippen LogP contribution in [0.1, 0.15) is 40.0 Å². The van der Waals surface area contributed by atoms with Gasteiger partial charge in [-0.2, -0.15) is 0 Å². The number of allylic oxidation sites excluding steroid dienone is 2. The van der Waals surface area contributed by atoms with Gasteiger partial charge in [-0.3, -0.25) is 14.4 Å². The van der Waals surface area contributed by atoms with E-state index in [1.807, 2.05) is 63.1 Å². The highest BCUT2D eigenvalue weighted by Gasteiger charge is 2.49. The predicted octanol–water partition coefficient (Wildman–Crippen LogP) is 3.53. The zero-order valence-electron chi connectivity index (χ0n) is 16.2. The molecule has 0 N–H and O–H groups in total. The molecule has 0 spiro atoms. The van der Waals surface area contributed by atoms with Gasteiger partial charge in [-0.1, -0.05) is 39.0 Å². The fourth-order valence-electron chi connectivity index (χ4n) is 3.55. The van der Waals surface area contributed by atoms with Gasteiger partial charge in [0.05, 0.1) is 12.7 Å². The van der Waals surface area contributed by atoms with Crippen molar-refractivity contribution in [2.24, 2.45) is 11.3 Å². The molecule has 1 unspecified atom stereocenters. The molecular formula is C21H27NO4. The Labute approximate surface area is 155 Å². The summed E-state index contributed by atoms with van der Waals surface area (Å²) in [5.74, 6) is -2.18. The van der Waals surface area contributed by atoms with Crippen LogP contribution in [0.15, 0.2) is 41.6 Å². The maximum atomic E-state index is 13.2. The highest BCUT2D eigenvalue weighted by atomic mass is 16.5. The Morgan fingerprint density at radius 2 is 1.85 bits per heavy atom. The summed E-state index contributed by atoms with van der Waals surface area (Å²) in [7, 11) is 3.13. The smallest absolute Gasteiger partial charge is 0.317 e. The van der Waals surface area contributed by atoms with Crippen molar-refractivity contribution in [3.05, 3.63) is 41.6 Å². The zero-order valence-corrected chi connectivity index (χ0v) is 16.2. The Kier molecular flexibility index (Phi) is 6.01. The molecule has 26 heavy (non-hydrogen) atoms. The molecule has 0 heterocycles. The van der Waals surface area contributed by atoms with Crippen LogP contribution in [0.5, 0.6) is 0 Å². The highest BCUT2D eigenvalue weighted by molar-refractivity contribution is 6.26. The van der Waals surface area contributed by atoms with Gasteiger partial charge in [0.15, 0.2) is 11.6 Å². The van der Waals surface area contributed by atoms with Gasteiger partial charge in [-0.25, -0.2) is 0 Å². The summed E-state index contributed by atoms with van der Waals surface area (Å²) >= 11 is 0. The van der Waals surface area contributed by atoms with Crippen molar-refractivity contribution in [2.75, 3.05) is 19.1 Å². The Hall–Kier alpha value is -2.43. The van der Waals surface area contributed by atoms with Gasteiger partial charge in [0.25, 0.3) is 0 Å². The van der Waals surface area contributed by atoms with E-state index in [-0.39, 0.29) is 17.8 Å². The molecule has 0 saturated heterocycles. The second kappa shape index (κ2) is 7.85. The summed E-state index contributed by atoms with van der Waals surface area (Å²) < 4.78 is 4.86. The van der Waals surface area contributed by atoms with E-state index in [0.717, 1.165) is 5.69 Å². The monoisotopic (exact) mass is 357 g/mol. The molecule has 1 aliphatic rings. The third-order valence-corrected chi connectivity index (χ3v) is 4.94. The fourth-order valence-corrected chi connectivity index (χ4v) is 3.55. The number of anilines is 1. The van der Waals surface area contributed by atoms with Crippen LogP contribution in [0.2, 0.25) is 0 Å². The van der Waals surface area contributed by atoms with Crippen molar-refractivity contribution in [1.29, 1.82) is 0 Å². The lowest BCUT2D eigenvalue weighted by Crippen LogP contribution is -2.46. The van der Waals surface area contributed by atoms with Crippen LogP contribution >= 0.6 is 0 Å². The fraction of sp³-hybridized carbons (Fsp3) is 0.476. The number of nitrogens with zero attached hydrogens (tertiary/aromatic N) is 1. The number of carbonyl (C=O) groups excluding carboxylic acids is 3. The summed E-state index contributed by atoms with van der Waals surface area (Å²) in [4.78, 5) is 40.1. The minimum atomic E-state index is -0.962. The second-order valence-corrected chi connectivity index (χ2v) is 7.38. The first-order valence-corrected chi connectivity index (χ1v) is 8.91. The molecule has 5 nitrogen and oxygen atoms in total. The van der Waals surface area contributed by atoms with Crippen molar-refractivity contribution in [3.63, 3.8) is 0 Å². The number of para-hydroxylation sites is 1. The third-order valence-electron chi connectivity index (χ3n) is 4.94. The number of Topliss-reactive ketones (excluding diaryl/α,β-unsaturated/α-hetero) is 2. The number of ketones is 2. The Bertz CT molecular complexity index is 734. The molecule has 0 radical (unpaired) electrons. The Morgan fingerprint density at radius 1 is 1.23 bits per heavy atom. The molecule has 0 saturated carbocycles. The molecule has 1 aromatic carbocycles. The van der Waals surface area contributed by atoms with Crippen LogP contribution in [0, 0.1) is 11.3 Å². The van der Waals surface area contributed by atoms with Crippen LogP contribution in [-0.2, 0) is 19.1 Å². The van der Waals surface area contributed by atoms with E-state index in [2.05, 4.69) is 0 Å². The number of ether oxygens (including phenoxy) is 1. The first kappa shape index (κ1) is 19.9. The number of hydrogen-bond donors (Lipinski definition) is 0. The molecule has 1 atom stereocenters. The van der Waals surface area contributed by atoms with Crippen LogP contribution in [0.4, 0.5) is 5.69 Å². The standard InChI is InChI=1S/C21H27NO4/c1-6-10-16(23)17-15(22(4)14-11-8-7-9-12-14)13-21(2,3)18(19(17)24)20(25)26-5/h7-9,11-12,18H,6,10,13H2,1-5H3. The molecule has 1 aliphatic carbocycles. The zero-order chi connectivity index (χ0) is 19.5. The van der Waals surface area contributed by atoms with E-state index >= 15 is 0 Å². The summed E-state index contributed by atoms with van der Waals surface area (Å²) in [5, 5.41) is 0. The number of esters is 1. The van der Waals surface area contributed by atoms with Gasteiger partial charge < -0.3 is 9.64 Å². The number of carbonyl (C=O) groups is 3. The van der Waals surface area contributed by atoms with Crippen molar-refractivity contribution in [2.45, 2.75) is 40.0 Å². The van der Waals surface area contributed by atoms with Crippen LogP contribution < -0.4 is 4.90 Å². The van der Waals surface area contributed by atoms with Gasteiger partial charge in [-0.05, 0) is 30.4 Å². The SMILES string of the molecule is CCCC(=O)C1=C(N(C)c2ccccc2)CC(C)(C)C(C(=O)OC)C1=O. The number of rotatable bonds is 6. The number of benzene rings is 1. The summed E-state index contributed by atoms with van der Waals surface area (Å²) in [5.41, 5.74) is 1.07. The second-order valence-electron chi connectivity index (χ2n) is 7.38. The van der Waals surface area contributed by atoms with E-state index in [0.29, 0.717) is 18.5 Å². The third kappa shape index (κ3) is 3.71. The van der Waals surface area contributed by atoms with Crippen molar-refractivity contribution in [1.82, 2.24) is 0 Å². The van der Waals surface area contributed by atoms with E-state index in [1.54, 1.807) is 0 Å². The normalized spacial score (nSPS) is 19.3. The minimum Gasteiger partial charge on any atom is -0.468 e. The van der Waals surface area contributed by atoms with Gasteiger partial charge in [0.1, 0.15) is 5.92 Å². The number of hydrogen-bond acceptors (Lipinski definition) is 5. The molecule has 0 aliphatic heterocycles. The van der Waals surface area contributed by atoms with E-state index in [1.165, 1.54) is 7.11 Å². The highest BCUT2D eigenvalue weighted by Crippen LogP contribution is 2.44. The molecule has 140 valence electrons. The summed E-state index contributed by atoms with van der Waals surface area (Å²) in [6.45, 7) is 5.63. The minimum absolute atomic E-state index is 0.146. The molecule has 5 heteroatoms. The molecule has 0 aromatic heterocycles. The largest absolute Gasteiger partial charge is 0.468 e. The van der Waals surface area contributed by atoms with Crippen molar-refractivity contribution >= 4 is 23.2 Å². The predicted molar refractivity (Wildman–Crippen MR) is 101 cm³/mol. The van der Waals surface area contributed by atoms with Gasteiger partial charge >= 0.3 is 5.97 Å². The van der Waals surface area contributed by atoms with E-state index < -0.39 is 23.1 Å². The van der Waals surface area contributed by atoms with Gasteiger partial charge in [-0.15, -0.1) is 0 Å². The molecule has 1 aromatic rings. The molecular weight excluding hydrogens is 330 g/mol. The lowest BCUT2D eigenvalue weighted by atomic mass is 9.66. The van der Waals surface area contributed by atoms with Crippen molar-refractivity contribution in [3.8, 4) is 0 Å². The molecule has 0 bridgehead atoms. The van der Waals surface area contributed by atoms with Gasteiger partial charge in [0.2, 0.25) is 0 Å². The Balaban J connectivity index is 2.61. The molecule has 0 fully saturated rings.